The minimum Gasteiger partial charge on any atom is -0.452 e. The number of esters is 1. The number of amides is 1. The van der Waals surface area contributed by atoms with E-state index in [0.29, 0.717) is 5.69 Å². The maximum absolute atomic E-state index is 13.3. The highest BCUT2D eigenvalue weighted by atomic mass is 35.5. The number of carbonyl (C=O) groups excluding carboxylic acids is 2. The van der Waals surface area contributed by atoms with Crippen LogP contribution in [0.1, 0.15) is 15.9 Å². The molecule has 0 bridgehead atoms. The Morgan fingerprint density at radius 1 is 1.06 bits per heavy atom. The van der Waals surface area contributed by atoms with Gasteiger partial charge in [0.25, 0.3) is 15.9 Å². The van der Waals surface area contributed by atoms with Gasteiger partial charge in [-0.1, -0.05) is 48.0 Å². The Balaban J connectivity index is 1.76. The van der Waals surface area contributed by atoms with Crippen LogP contribution in [0.2, 0.25) is 5.02 Å². The molecule has 0 saturated carbocycles. The monoisotopic (exact) mass is 498 g/mol. The number of benzene rings is 3. The van der Waals surface area contributed by atoms with Crippen molar-refractivity contribution in [2.24, 2.45) is 0 Å². The topological polar surface area (TPSA) is 92.8 Å². The molecule has 0 spiro atoms. The fourth-order valence-electron chi connectivity index (χ4n) is 3.14. The zero-order valence-electron chi connectivity index (χ0n) is 18.4. The predicted molar refractivity (Wildman–Crippen MR) is 133 cm³/mol. The predicted octanol–water partition coefficient (Wildman–Crippen LogP) is 4.83. The first kappa shape index (κ1) is 25.0. The van der Waals surface area contributed by atoms with E-state index in [-0.39, 0.29) is 27.7 Å². The Hall–Kier alpha value is -3.62. The average molecular weight is 499 g/mol. The molecule has 0 aliphatic heterocycles. The molecule has 0 aromatic heterocycles. The quantitative estimate of drug-likeness (QED) is 0.337. The van der Waals surface area contributed by atoms with Crippen LogP contribution in [0.5, 0.6) is 0 Å². The summed E-state index contributed by atoms with van der Waals surface area (Å²) in [6.07, 6.45) is 1.44. The van der Waals surface area contributed by atoms with E-state index in [9.17, 15) is 18.0 Å². The molecule has 0 atom stereocenters. The third-order valence-electron chi connectivity index (χ3n) is 4.71. The summed E-state index contributed by atoms with van der Waals surface area (Å²) >= 11 is 6.22. The number of ether oxygens (including phenoxy) is 1. The van der Waals surface area contributed by atoms with Crippen LogP contribution in [-0.2, 0) is 19.6 Å². The van der Waals surface area contributed by atoms with Gasteiger partial charge in [0.05, 0.1) is 27.7 Å². The van der Waals surface area contributed by atoms with Crippen LogP contribution in [0, 0.1) is 6.92 Å². The molecule has 0 heterocycles. The Labute approximate surface area is 203 Å². The third-order valence-corrected chi connectivity index (χ3v) is 6.81. The van der Waals surface area contributed by atoms with Crippen molar-refractivity contribution in [3.63, 3.8) is 0 Å². The summed E-state index contributed by atoms with van der Waals surface area (Å²) in [5, 5.41) is 2.89. The minimum absolute atomic E-state index is 0.0119. The molecule has 3 aromatic carbocycles. The molecule has 0 radical (unpaired) electrons. The van der Waals surface area contributed by atoms with Gasteiger partial charge in [-0.15, -0.1) is 6.58 Å². The van der Waals surface area contributed by atoms with Gasteiger partial charge in [0, 0.05) is 5.69 Å². The van der Waals surface area contributed by atoms with Gasteiger partial charge in [-0.2, -0.15) is 0 Å². The summed E-state index contributed by atoms with van der Waals surface area (Å²) in [4.78, 5) is 24.5. The molecular formula is C25H23ClN2O5S. The molecule has 0 unspecified atom stereocenters. The van der Waals surface area contributed by atoms with Gasteiger partial charge in [-0.05, 0) is 55.0 Å². The molecule has 9 heteroatoms. The minimum atomic E-state index is -4.08. The molecule has 0 aliphatic rings. The Morgan fingerprint density at radius 3 is 2.50 bits per heavy atom. The van der Waals surface area contributed by atoms with Gasteiger partial charge >= 0.3 is 5.97 Å². The second-order valence-corrected chi connectivity index (χ2v) is 9.57. The third kappa shape index (κ3) is 6.03. The summed E-state index contributed by atoms with van der Waals surface area (Å²) in [5.74, 6) is -1.34. The van der Waals surface area contributed by atoms with Gasteiger partial charge in [-0.25, -0.2) is 13.2 Å². The first-order valence-electron chi connectivity index (χ1n) is 10.2. The second-order valence-electron chi connectivity index (χ2n) is 7.30. The van der Waals surface area contributed by atoms with Crippen LogP contribution < -0.4 is 9.62 Å². The molecule has 0 saturated heterocycles. The number of anilines is 2. The summed E-state index contributed by atoms with van der Waals surface area (Å²) < 4.78 is 32.9. The number of rotatable bonds is 9. The van der Waals surface area contributed by atoms with Crippen LogP contribution in [-0.4, -0.2) is 33.4 Å². The highest BCUT2D eigenvalue weighted by Crippen LogP contribution is 2.30. The number of hydrogen-bond donors (Lipinski definition) is 1. The average Bonchev–Trinajstić information content (AvgIpc) is 2.81. The van der Waals surface area contributed by atoms with Crippen molar-refractivity contribution in [2.75, 3.05) is 22.8 Å². The zero-order chi connectivity index (χ0) is 24.7. The van der Waals surface area contributed by atoms with E-state index in [0.717, 1.165) is 9.87 Å². The first-order valence-corrected chi connectivity index (χ1v) is 12.1. The lowest BCUT2D eigenvalue weighted by Crippen LogP contribution is -2.31. The molecule has 7 nitrogen and oxygen atoms in total. The van der Waals surface area contributed by atoms with Crippen molar-refractivity contribution >= 4 is 44.9 Å². The molecule has 0 fully saturated rings. The molecule has 0 aliphatic carbocycles. The fourth-order valence-corrected chi connectivity index (χ4v) is 4.93. The first-order chi connectivity index (χ1) is 16.2. The standard InChI is InChI=1S/C25H23ClN2O5S/c1-3-14-28(23-13-5-4-12-22(23)26)34(31,32)21-11-7-9-19(16-21)25(30)33-17-24(29)27-20-10-6-8-18(2)15-20/h3-13,15-16H,1,14,17H2,2H3,(H,27,29). The number of halogens is 1. The van der Waals surface area contributed by atoms with E-state index in [4.69, 9.17) is 16.3 Å². The number of para-hydroxylation sites is 1. The molecule has 176 valence electrons. The fraction of sp³-hybridized carbons (Fsp3) is 0.120. The second kappa shape index (κ2) is 11.0. The number of nitrogens with zero attached hydrogens (tertiary/aromatic N) is 1. The molecular weight excluding hydrogens is 476 g/mol. The largest absolute Gasteiger partial charge is 0.452 e. The van der Waals surface area contributed by atoms with Crippen LogP contribution >= 0.6 is 11.6 Å². The van der Waals surface area contributed by atoms with Gasteiger partial charge in [0.2, 0.25) is 0 Å². The molecule has 1 N–H and O–H groups in total. The highest BCUT2D eigenvalue weighted by Gasteiger charge is 2.26. The van der Waals surface area contributed by atoms with E-state index >= 15 is 0 Å². The maximum Gasteiger partial charge on any atom is 0.338 e. The molecule has 34 heavy (non-hydrogen) atoms. The highest BCUT2D eigenvalue weighted by molar-refractivity contribution is 7.92. The SMILES string of the molecule is C=CCN(c1ccccc1Cl)S(=O)(=O)c1cccc(C(=O)OCC(=O)Nc2cccc(C)c2)c1. The lowest BCUT2D eigenvalue weighted by Gasteiger charge is -2.24. The maximum atomic E-state index is 13.3. The molecule has 3 aromatic rings. The van der Waals surface area contributed by atoms with E-state index in [2.05, 4.69) is 11.9 Å². The molecule has 1 amide bonds. The van der Waals surface area contributed by atoms with Crippen molar-refractivity contribution in [3.05, 3.63) is 102 Å². The Morgan fingerprint density at radius 2 is 1.79 bits per heavy atom. The van der Waals surface area contributed by atoms with Crippen LogP contribution in [0.3, 0.4) is 0 Å². The lowest BCUT2D eigenvalue weighted by molar-refractivity contribution is -0.119. The van der Waals surface area contributed by atoms with E-state index in [1.807, 2.05) is 13.0 Å². The van der Waals surface area contributed by atoms with Crippen molar-refractivity contribution in [3.8, 4) is 0 Å². The number of aryl methyl sites for hydroxylation is 1. The van der Waals surface area contributed by atoms with Gasteiger partial charge in [-0.3, -0.25) is 9.10 Å². The normalized spacial score (nSPS) is 10.9. The van der Waals surface area contributed by atoms with Crippen molar-refractivity contribution < 1.29 is 22.7 Å². The number of hydrogen-bond acceptors (Lipinski definition) is 5. The Bertz CT molecular complexity index is 1320. The van der Waals surface area contributed by atoms with Gasteiger partial charge < -0.3 is 10.1 Å². The Kier molecular flexibility index (Phi) is 8.09. The van der Waals surface area contributed by atoms with Crippen LogP contribution in [0.4, 0.5) is 11.4 Å². The summed E-state index contributed by atoms with van der Waals surface area (Å²) in [6, 6.07) is 19.1. The summed E-state index contributed by atoms with van der Waals surface area (Å²) in [6.45, 7) is 4.96. The van der Waals surface area contributed by atoms with Crippen molar-refractivity contribution in [1.29, 1.82) is 0 Å². The van der Waals surface area contributed by atoms with Crippen molar-refractivity contribution in [2.45, 2.75) is 11.8 Å². The van der Waals surface area contributed by atoms with Gasteiger partial charge in [0.15, 0.2) is 6.61 Å². The van der Waals surface area contributed by atoms with Gasteiger partial charge in [0.1, 0.15) is 0 Å². The van der Waals surface area contributed by atoms with E-state index in [1.165, 1.54) is 30.3 Å². The lowest BCUT2D eigenvalue weighted by atomic mass is 10.2. The van der Waals surface area contributed by atoms with Crippen molar-refractivity contribution in [1.82, 2.24) is 0 Å². The van der Waals surface area contributed by atoms with E-state index in [1.54, 1.807) is 42.5 Å². The zero-order valence-corrected chi connectivity index (χ0v) is 20.0. The number of carbonyl (C=O) groups is 2. The molecule has 3 rings (SSSR count). The smallest absolute Gasteiger partial charge is 0.338 e. The van der Waals surface area contributed by atoms with Crippen LogP contribution in [0.25, 0.3) is 0 Å². The number of nitrogens with one attached hydrogen (secondary N) is 1. The number of sulfonamides is 1. The summed E-state index contributed by atoms with van der Waals surface area (Å²) in [5.41, 5.74) is 1.82. The summed E-state index contributed by atoms with van der Waals surface area (Å²) in [7, 11) is -4.08. The van der Waals surface area contributed by atoms with Crippen LogP contribution in [0.15, 0.2) is 90.3 Å². The van der Waals surface area contributed by atoms with E-state index < -0.39 is 28.5 Å².